The lowest BCUT2D eigenvalue weighted by atomic mass is 9.73. The number of hydrogen-bond donors (Lipinski definition) is 1. The lowest BCUT2D eigenvalue weighted by Gasteiger charge is -2.31. The molecule has 0 saturated heterocycles. The minimum Gasteiger partial charge on any atom is -0.381 e. The van der Waals surface area contributed by atoms with Crippen LogP contribution in [0.15, 0.2) is 65.7 Å². The van der Waals surface area contributed by atoms with Gasteiger partial charge in [0.05, 0.1) is 0 Å². The van der Waals surface area contributed by atoms with Crippen LogP contribution in [0.1, 0.15) is 46.5 Å². The first-order chi connectivity index (χ1) is 11.8. The van der Waals surface area contributed by atoms with Gasteiger partial charge < -0.3 is 5.11 Å². The van der Waals surface area contributed by atoms with Crippen LogP contribution in [0.4, 0.5) is 0 Å². The average Bonchev–Trinajstić information content (AvgIpc) is 2.60. The number of allylic oxidation sites excluding steroid dienone is 1. The van der Waals surface area contributed by atoms with Crippen molar-refractivity contribution in [2.75, 3.05) is 0 Å². The number of benzene rings is 2. The van der Waals surface area contributed by atoms with Crippen LogP contribution in [0, 0.1) is 0 Å². The van der Waals surface area contributed by atoms with Crippen molar-refractivity contribution in [2.45, 2.75) is 25.9 Å². The third-order valence-corrected chi connectivity index (χ3v) is 4.47. The fraction of sp³-hybridized carbons (Fsp3) is 0.190. The summed E-state index contributed by atoms with van der Waals surface area (Å²) < 4.78 is 0. The second kappa shape index (κ2) is 6.22. The van der Waals surface area contributed by atoms with Gasteiger partial charge in [0.25, 0.3) is 0 Å². The Hall–Kier alpha value is -2.85. The highest BCUT2D eigenvalue weighted by Gasteiger charge is 2.42. The van der Waals surface area contributed by atoms with Crippen molar-refractivity contribution in [2.24, 2.45) is 0 Å². The van der Waals surface area contributed by atoms with Crippen molar-refractivity contribution in [3.8, 4) is 0 Å². The van der Waals surface area contributed by atoms with Crippen molar-refractivity contribution >= 4 is 17.3 Å². The van der Waals surface area contributed by atoms with Crippen LogP contribution < -0.4 is 0 Å². The molecule has 0 aliphatic heterocycles. The van der Waals surface area contributed by atoms with E-state index in [1.807, 2.05) is 0 Å². The third-order valence-electron chi connectivity index (χ3n) is 4.47. The molecule has 0 saturated carbocycles. The first kappa shape index (κ1) is 17.0. The Bertz CT molecular complexity index is 905. The SMILES string of the molecule is CC(=O)CC1=C(C(C)(O)c2ccccc2)C(=O)c2ccccc2C1=O. The molecule has 2 aromatic carbocycles. The van der Waals surface area contributed by atoms with Crippen LogP contribution in [0.2, 0.25) is 0 Å². The second-order valence-electron chi connectivity index (χ2n) is 6.37. The number of aliphatic hydroxyl groups is 1. The molecule has 25 heavy (non-hydrogen) atoms. The molecule has 0 radical (unpaired) electrons. The van der Waals surface area contributed by atoms with Gasteiger partial charge in [-0.3, -0.25) is 14.4 Å². The molecule has 1 N–H and O–H groups in total. The summed E-state index contributed by atoms with van der Waals surface area (Å²) >= 11 is 0. The zero-order valence-corrected chi connectivity index (χ0v) is 14.1. The highest BCUT2D eigenvalue weighted by atomic mass is 16.3. The maximum absolute atomic E-state index is 13.1. The summed E-state index contributed by atoms with van der Waals surface area (Å²) in [5, 5.41) is 11.2. The molecule has 126 valence electrons. The lowest BCUT2D eigenvalue weighted by molar-refractivity contribution is -0.116. The summed E-state index contributed by atoms with van der Waals surface area (Å²) in [7, 11) is 0. The molecule has 3 rings (SSSR count). The smallest absolute Gasteiger partial charge is 0.193 e. The molecule has 1 atom stereocenters. The summed E-state index contributed by atoms with van der Waals surface area (Å²) in [6.07, 6.45) is -0.183. The molecule has 1 unspecified atom stereocenters. The van der Waals surface area contributed by atoms with Gasteiger partial charge in [-0.15, -0.1) is 0 Å². The summed E-state index contributed by atoms with van der Waals surface area (Å²) in [5.41, 5.74) is -0.594. The maximum Gasteiger partial charge on any atom is 0.193 e. The lowest BCUT2D eigenvalue weighted by Crippen LogP contribution is -2.35. The molecule has 0 fully saturated rings. The number of hydrogen-bond acceptors (Lipinski definition) is 4. The maximum atomic E-state index is 13.1. The first-order valence-corrected chi connectivity index (χ1v) is 8.03. The van der Waals surface area contributed by atoms with Crippen molar-refractivity contribution in [1.82, 2.24) is 0 Å². The molecule has 0 heterocycles. The highest BCUT2D eigenvalue weighted by molar-refractivity contribution is 6.28. The van der Waals surface area contributed by atoms with Crippen LogP contribution in [0.3, 0.4) is 0 Å². The second-order valence-corrected chi connectivity index (χ2v) is 6.37. The Labute approximate surface area is 145 Å². The Kier molecular flexibility index (Phi) is 4.23. The van der Waals surface area contributed by atoms with Gasteiger partial charge in [-0.05, 0) is 19.4 Å². The van der Waals surface area contributed by atoms with Gasteiger partial charge in [0.1, 0.15) is 11.4 Å². The fourth-order valence-electron chi connectivity index (χ4n) is 3.27. The summed E-state index contributed by atoms with van der Waals surface area (Å²) in [6, 6.07) is 15.2. The molecule has 2 aromatic rings. The van der Waals surface area contributed by atoms with E-state index in [9.17, 15) is 19.5 Å². The number of carbonyl (C=O) groups excluding carboxylic acids is 3. The Balaban J connectivity index is 2.27. The molecule has 1 aliphatic rings. The first-order valence-electron chi connectivity index (χ1n) is 8.03. The Morgan fingerprint density at radius 1 is 0.920 bits per heavy atom. The summed E-state index contributed by atoms with van der Waals surface area (Å²) in [5.74, 6) is -1.03. The quantitative estimate of drug-likeness (QED) is 0.932. The van der Waals surface area contributed by atoms with E-state index in [1.54, 1.807) is 54.6 Å². The van der Waals surface area contributed by atoms with Crippen LogP contribution >= 0.6 is 0 Å². The molecule has 0 amide bonds. The highest BCUT2D eigenvalue weighted by Crippen LogP contribution is 2.39. The van der Waals surface area contributed by atoms with E-state index < -0.39 is 11.4 Å². The monoisotopic (exact) mass is 334 g/mol. The molecule has 4 heteroatoms. The zero-order chi connectivity index (χ0) is 18.2. The fourth-order valence-corrected chi connectivity index (χ4v) is 3.27. The topological polar surface area (TPSA) is 71.4 Å². The van der Waals surface area contributed by atoms with Crippen molar-refractivity contribution in [3.05, 3.63) is 82.4 Å². The van der Waals surface area contributed by atoms with E-state index in [1.165, 1.54) is 13.8 Å². The van der Waals surface area contributed by atoms with Gasteiger partial charge >= 0.3 is 0 Å². The minimum atomic E-state index is -1.67. The van der Waals surface area contributed by atoms with E-state index in [0.717, 1.165) is 0 Å². The predicted molar refractivity (Wildman–Crippen MR) is 93.4 cm³/mol. The van der Waals surface area contributed by atoms with Gasteiger partial charge in [0.15, 0.2) is 11.6 Å². The van der Waals surface area contributed by atoms with E-state index >= 15 is 0 Å². The molecular weight excluding hydrogens is 316 g/mol. The van der Waals surface area contributed by atoms with Crippen LogP contribution in [-0.2, 0) is 10.4 Å². The van der Waals surface area contributed by atoms with Crippen molar-refractivity contribution in [1.29, 1.82) is 0 Å². The zero-order valence-electron chi connectivity index (χ0n) is 14.1. The van der Waals surface area contributed by atoms with E-state index in [-0.39, 0.29) is 40.3 Å². The standard InChI is InChI=1S/C21H18O4/c1-13(22)12-17-18(21(2,25)14-8-4-3-5-9-14)20(24)16-11-7-6-10-15(16)19(17)23/h3-11,25H,12H2,1-2H3. The van der Waals surface area contributed by atoms with Gasteiger partial charge in [0, 0.05) is 28.7 Å². The molecule has 4 nitrogen and oxygen atoms in total. The van der Waals surface area contributed by atoms with E-state index in [2.05, 4.69) is 0 Å². The number of carbonyl (C=O) groups is 3. The molecule has 1 aliphatic carbocycles. The summed E-state index contributed by atoms with van der Waals surface area (Å²) in [4.78, 5) is 37.7. The molecular formula is C21H18O4. The van der Waals surface area contributed by atoms with Crippen molar-refractivity contribution in [3.63, 3.8) is 0 Å². The van der Waals surface area contributed by atoms with Crippen LogP contribution in [-0.4, -0.2) is 22.5 Å². The largest absolute Gasteiger partial charge is 0.381 e. The number of fused-ring (bicyclic) bond motifs is 1. The van der Waals surface area contributed by atoms with Crippen molar-refractivity contribution < 1.29 is 19.5 Å². The Morgan fingerprint density at radius 3 is 2.00 bits per heavy atom. The molecule has 0 spiro atoms. The molecule has 0 aromatic heterocycles. The Morgan fingerprint density at radius 2 is 1.44 bits per heavy atom. The number of Topliss-reactive ketones (excluding diaryl/α,β-unsaturated/α-hetero) is 3. The average molecular weight is 334 g/mol. The van der Waals surface area contributed by atoms with Crippen LogP contribution in [0.25, 0.3) is 0 Å². The predicted octanol–water partition coefficient (Wildman–Crippen LogP) is 3.25. The van der Waals surface area contributed by atoms with E-state index in [0.29, 0.717) is 5.56 Å². The van der Waals surface area contributed by atoms with E-state index in [4.69, 9.17) is 0 Å². The third kappa shape index (κ3) is 2.85. The summed E-state index contributed by atoms with van der Waals surface area (Å²) in [6.45, 7) is 2.84. The van der Waals surface area contributed by atoms with Crippen LogP contribution in [0.5, 0.6) is 0 Å². The number of ketones is 3. The van der Waals surface area contributed by atoms with Gasteiger partial charge in [-0.1, -0.05) is 54.6 Å². The van der Waals surface area contributed by atoms with Gasteiger partial charge in [0.2, 0.25) is 0 Å². The van der Waals surface area contributed by atoms with Gasteiger partial charge in [-0.25, -0.2) is 0 Å². The normalized spacial score (nSPS) is 16.4. The number of rotatable bonds is 4. The van der Waals surface area contributed by atoms with Gasteiger partial charge in [-0.2, -0.15) is 0 Å². The molecule has 0 bridgehead atoms. The minimum absolute atomic E-state index is 0.0161.